The first-order chi connectivity index (χ1) is 11.9. The van der Waals surface area contributed by atoms with Gasteiger partial charge in [0.1, 0.15) is 5.75 Å². The van der Waals surface area contributed by atoms with Crippen LogP contribution in [0.5, 0.6) is 5.75 Å². The van der Waals surface area contributed by atoms with Gasteiger partial charge < -0.3 is 10.8 Å². The van der Waals surface area contributed by atoms with Crippen molar-refractivity contribution in [3.63, 3.8) is 0 Å². The van der Waals surface area contributed by atoms with E-state index in [9.17, 15) is 5.11 Å². The SMILES string of the molecule is CC1N(CCCCN)CC2Cc3ccc(O)cc3C23C[C@@H](C)CC13C. The molecule has 0 bridgehead atoms. The van der Waals surface area contributed by atoms with Crippen LogP contribution in [0.4, 0.5) is 0 Å². The summed E-state index contributed by atoms with van der Waals surface area (Å²) in [7, 11) is 0. The van der Waals surface area contributed by atoms with E-state index in [4.69, 9.17) is 5.73 Å². The summed E-state index contributed by atoms with van der Waals surface area (Å²) in [4.78, 5) is 2.75. The Hall–Kier alpha value is -1.06. The molecule has 0 aromatic heterocycles. The van der Waals surface area contributed by atoms with Gasteiger partial charge in [-0.3, -0.25) is 4.90 Å². The van der Waals surface area contributed by atoms with Crippen molar-refractivity contribution in [2.24, 2.45) is 23.0 Å². The van der Waals surface area contributed by atoms with Crippen LogP contribution in [0.2, 0.25) is 0 Å². The van der Waals surface area contributed by atoms with Crippen LogP contribution in [0.1, 0.15) is 57.6 Å². The first kappa shape index (κ1) is 17.4. The zero-order chi connectivity index (χ0) is 17.8. The van der Waals surface area contributed by atoms with Crippen molar-refractivity contribution in [2.45, 2.75) is 64.3 Å². The topological polar surface area (TPSA) is 49.5 Å². The van der Waals surface area contributed by atoms with E-state index in [2.05, 4.69) is 37.8 Å². The summed E-state index contributed by atoms with van der Waals surface area (Å²) in [5.41, 5.74) is 9.22. The molecule has 1 aromatic carbocycles. The second-order valence-electron chi connectivity index (χ2n) is 9.31. The Morgan fingerprint density at radius 3 is 2.80 bits per heavy atom. The number of phenolic OH excluding ortho intramolecular Hbond substituents is 1. The maximum Gasteiger partial charge on any atom is 0.115 e. The second-order valence-corrected chi connectivity index (χ2v) is 9.31. The average Bonchev–Trinajstić information content (AvgIpc) is 3.02. The third-order valence-corrected chi connectivity index (χ3v) is 8.02. The van der Waals surface area contributed by atoms with Gasteiger partial charge in [-0.1, -0.05) is 19.9 Å². The molecule has 3 heteroatoms. The van der Waals surface area contributed by atoms with E-state index in [1.54, 1.807) is 0 Å². The Kier molecular flexibility index (Phi) is 4.16. The second kappa shape index (κ2) is 5.99. The number of piperidine rings is 1. The molecule has 138 valence electrons. The minimum atomic E-state index is 0.254. The smallest absolute Gasteiger partial charge is 0.115 e. The van der Waals surface area contributed by atoms with Crippen molar-refractivity contribution in [1.29, 1.82) is 0 Å². The third-order valence-electron chi connectivity index (χ3n) is 8.02. The van der Waals surface area contributed by atoms with E-state index in [0.29, 0.717) is 17.7 Å². The van der Waals surface area contributed by atoms with Crippen LogP contribution in [-0.4, -0.2) is 35.7 Å². The Bertz CT molecular complexity index is 659. The van der Waals surface area contributed by atoms with Crippen molar-refractivity contribution >= 4 is 0 Å². The predicted octanol–water partition coefficient (Wildman–Crippen LogP) is 3.68. The van der Waals surface area contributed by atoms with Crippen molar-refractivity contribution in [2.75, 3.05) is 19.6 Å². The van der Waals surface area contributed by atoms with Crippen molar-refractivity contribution in [3.05, 3.63) is 29.3 Å². The molecule has 1 saturated carbocycles. The van der Waals surface area contributed by atoms with Crippen LogP contribution in [0, 0.1) is 17.3 Å². The summed E-state index contributed by atoms with van der Waals surface area (Å²) in [6, 6.07) is 6.75. The Morgan fingerprint density at radius 1 is 1.24 bits per heavy atom. The van der Waals surface area contributed by atoms with Gasteiger partial charge in [0.2, 0.25) is 0 Å². The number of unbranched alkanes of at least 4 members (excludes halogenated alkanes) is 1. The zero-order valence-corrected chi connectivity index (χ0v) is 16.1. The lowest BCUT2D eigenvalue weighted by Gasteiger charge is -2.58. The summed E-state index contributed by atoms with van der Waals surface area (Å²) in [5, 5.41) is 10.2. The Balaban J connectivity index is 1.75. The van der Waals surface area contributed by atoms with Gasteiger partial charge in [-0.2, -0.15) is 0 Å². The first-order valence-corrected chi connectivity index (χ1v) is 10.2. The molecule has 3 N–H and O–H groups in total. The average molecular weight is 343 g/mol. The first-order valence-electron chi connectivity index (χ1n) is 10.2. The molecule has 1 aromatic rings. The van der Waals surface area contributed by atoms with Gasteiger partial charge >= 0.3 is 0 Å². The van der Waals surface area contributed by atoms with Gasteiger partial charge in [0.25, 0.3) is 0 Å². The molecule has 1 saturated heterocycles. The number of fused-ring (bicyclic) bond motifs is 1. The molecule has 2 aliphatic carbocycles. The fourth-order valence-corrected chi connectivity index (χ4v) is 6.98. The fourth-order valence-electron chi connectivity index (χ4n) is 6.98. The molecule has 25 heavy (non-hydrogen) atoms. The van der Waals surface area contributed by atoms with Crippen LogP contribution < -0.4 is 5.73 Å². The highest BCUT2D eigenvalue weighted by atomic mass is 16.3. The highest BCUT2D eigenvalue weighted by Crippen LogP contribution is 2.68. The monoisotopic (exact) mass is 342 g/mol. The quantitative estimate of drug-likeness (QED) is 0.821. The van der Waals surface area contributed by atoms with Crippen LogP contribution in [0.15, 0.2) is 18.2 Å². The zero-order valence-electron chi connectivity index (χ0n) is 16.1. The Labute approximate surface area is 152 Å². The number of nitrogens with zero attached hydrogens (tertiary/aromatic N) is 1. The number of phenols is 1. The molecular formula is C22H34N2O. The molecule has 3 aliphatic rings. The normalized spacial score (nSPS) is 39.9. The molecule has 1 aliphatic heterocycles. The number of hydrogen-bond donors (Lipinski definition) is 2. The van der Waals surface area contributed by atoms with Crippen LogP contribution in [0.3, 0.4) is 0 Å². The molecule has 1 spiro atoms. The molecule has 2 fully saturated rings. The maximum absolute atomic E-state index is 10.2. The lowest BCUT2D eigenvalue weighted by atomic mass is 9.54. The minimum Gasteiger partial charge on any atom is -0.508 e. The lowest BCUT2D eigenvalue weighted by molar-refractivity contribution is -0.0524. The van der Waals surface area contributed by atoms with Gasteiger partial charge in [-0.05, 0) is 92.6 Å². The molecule has 5 atom stereocenters. The third kappa shape index (κ3) is 2.31. The summed E-state index contributed by atoms with van der Waals surface area (Å²) in [6.45, 7) is 10.6. The van der Waals surface area contributed by atoms with Gasteiger partial charge in [0.05, 0.1) is 0 Å². The summed E-state index contributed by atoms with van der Waals surface area (Å²) in [5.74, 6) is 1.88. The van der Waals surface area contributed by atoms with Gasteiger partial charge in [-0.15, -0.1) is 0 Å². The molecule has 4 rings (SSSR count). The fraction of sp³-hybridized carbons (Fsp3) is 0.727. The van der Waals surface area contributed by atoms with Crippen molar-refractivity contribution in [1.82, 2.24) is 4.90 Å². The summed E-state index contributed by atoms with van der Waals surface area (Å²) in [6.07, 6.45) is 6.09. The van der Waals surface area contributed by atoms with Crippen molar-refractivity contribution in [3.8, 4) is 5.75 Å². The van der Waals surface area contributed by atoms with E-state index in [1.807, 2.05) is 6.07 Å². The van der Waals surface area contributed by atoms with Crippen LogP contribution >= 0.6 is 0 Å². The van der Waals surface area contributed by atoms with E-state index >= 15 is 0 Å². The molecule has 0 amide bonds. The molecule has 4 unspecified atom stereocenters. The number of hydrogen-bond acceptors (Lipinski definition) is 3. The predicted molar refractivity (Wildman–Crippen MR) is 103 cm³/mol. The highest BCUT2D eigenvalue weighted by molar-refractivity contribution is 5.49. The standard InChI is InChI=1S/C22H34N2O/c1-15-12-21(3)16(2)24(9-5-4-8-23)14-18-10-17-6-7-19(25)11-20(17)22(18,21)13-15/h6-7,11,15-16,18,25H,4-5,8-10,12-14,23H2,1-3H3/t15-,16?,18?,21?,22?/m0/s1. The number of rotatable bonds is 4. The molecule has 1 heterocycles. The largest absolute Gasteiger partial charge is 0.508 e. The molecule has 3 nitrogen and oxygen atoms in total. The van der Waals surface area contributed by atoms with E-state index in [-0.39, 0.29) is 10.8 Å². The number of nitrogens with two attached hydrogens (primary N) is 1. The van der Waals surface area contributed by atoms with E-state index in [1.165, 1.54) is 49.9 Å². The van der Waals surface area contributed by atoms with Crippen LogP contribution in [-0.2, 0) is 11.8 Å². The molecular weight excluding hydrogens is 308 g/mol. The van der Waals surface area contributed by atoms with Crippen LogP contribution in [0.25, 0.3) is 0 Å². The summed E-state index contributed by atoms with van der Waals surface area (Å²) < 4.78 is 0. The minimum absolute atomic E-state index is 0.254. The lowest BCUT2D eigenvalue weighted by Crippen LogP contribution is -2.62. The maximum atomic E-state index is 10.2. The van der Waals surface area contributed by atoms with Gasteiger partial charge in [0.15, 0.2) is 0 Å². The van der Waals surface area contributed by atoms with E-state index < -0.39 is 0 Å². The van der Waals surface area contributed by atoms with Gasteiger partial charge in [-0.25, -0.2) is 0 Å². The van der Waals surface area contributed by atoms with Crippen molar-refractivity contribution < 1.29 is 5.11 Å². The van der Waals surface area contributed by atoms with Gasteiger partial charge in [0, 0.05) is 18.0 Å². The summed E-state index contributed by atoms with van der Waals surface area (Å²) >= 11 is 0. The number of likely N-dealkylation sites (tertiary alicyclic amines) is 1. The number of aromatic hydroxyl groups is 1. The number of benzene rings is 1. The van der Waals surface area contributed by atoms with E-state index in [0.717, 1.165) is 18.9 Å². The molecule has 0 radical (unpaired) electrons. The highest BCUT2D eigenvalue weighted by Gasteiger charge is 2.66. The Morgan fingerprint density at radius 2 is 2.04 bits per heavy atom.